The highest BCUT2D eigenvalue weighted by Crippen LogP contribution is 2.61. The third kappa shape index (κ3) is 3.51. The van der Waals surface area contributed by atoms with E-state index in [1.165, 1.54) is 38.5 Å². The van der Waals surface area contributed by atoms with Gasteiger partial charge in [-0.05, 0) is 86.7 Å². The summed E-state index contributed by atoms with van der Waals surface area (Å²) < 4.78 is 0. The molecule has 0 aromatic heterocycles. The second-order valence-electron chi connectivity index (χ2n) is 8.93. The van der Waals surface area contributed by atoms with Crippen molar-refractivity contribution in [1.29, 1.82) is 0 Å². The van der Waals surface area contributed by atoms with E-state index in [1.807, 2.05) is 31.2 Å². The minimum atomic E-state index is -0.0600. The highest BCUT2D eigenvalue weighted by atomic mass is 16.6. The van der Waals surface area contributed by atoms with Crippen LogP contribution in [0.3, 0.4) is 0 Å². The number of rotatable bonds is 6. The molecule has 4 nitrogen and oxygen atoms in total. The van der Waals surface area contributed by atoms with E-state index in [0.717, 1.165) is 28.9 Å². The van der Waals surface area contributed by atoms with Crippen molar-refractivity contribution >= 4 is 12.1 Å². The van der Waals surface area contributed by atoms with Gasteiger partial charge in [0, 0.05) is 6.04 Å². The van der Waals surface area contributed by atoms with Gasteiger partial charge in [0.2, 0.25) is 0 Å². The van der Waals surface area contributed by atoms with Gasteiger partial charge in [-0.2, -0.15) is 0 Å². The molecule has 4 saturated carbocycles. The van der Waals surface area contributed by atoms with Gasteiger partial charge in [-0.1, -0.05) is 29.4 Å². The van der Waals surface area contributed by atoms with Crippen molar-refractivity contribution in [3.8, 4) is 0 Å². The minimum Gasteiger partial charge on any atom is -0.386 e. The van der Waals surface area contributed by atoms with E-state index in [9.17, 15) is 4.79 Å². The first-order chi connectivity index (χ1) is 12.5. The van der Waals surface area contributed by atoms with Crippen LogP contribution in [-0.4, -0.2) is 24.8 Å². The molecule has 0 heterocycles. The molecule has 0 aliphatic heterocycles. The summed E-state index contributed by atoms with van der Waals surface area (Å²) in [4.78, 5) is 17.5. The Morgan fingerprint density at radius 2 is 1.85 bits per heavy atom. The van der Waals surface area contributed by atoms with Crippen molar-refractivity contribution < 1.29 is 9.63 Å². The standard InChI is InChI=1S/C22H30N2O2/c1-15-5-3-4-6-20(15)13-23-26-14-21(25)24-16(2)22-10-17-7-18(11-22)9-19(8-17)12-22/h3-6,13,16-19H,7-12,14H2,1-2H3,(H,24,25)/b23-13-/t16-,17?,18?,19?,22?/m0/s1. The van der Waals surface area contributed by atoms with Gasteiger partial charge in [0.25, 0.3) is 5.91 Å². The number of benzene rings is 1. The molecule has 4 heteroatoms. The average molecular weight is 354 g/mol. The zero-order valence-electron chi connectivity index (χ0n) is 15.9. The fraction of sp³-hybridized carbons (Fsp3) is 0.636. The first kappa shape index (κ1) is 17.6. The quantitative estimate of drug-likeness (QED) is 0.618. The van der Waals surface area contributed by atoms with E-state index in [-0.39, 0.29) is 18.6 Å². The number of carbonyl (C=O) groups is 1. The summed E-state index contributed by atoms with van der Waals surface area (Å²) in [6.07, 6.45) is 9.85. The van der Waals surface area contributed by atoms with Crippen LogP contribution in [0.2, 0.25) is 0 Å². The molecule has 1 amide bonds. The molecule has 140 valence electrons. The van der Waals surface area contributed by atoms with Crippen LogP contribution in [0.5, 0.6) is 0 Å². The molecule has 0 saturated heterocycles. The van der Waals surface area contributed by atoms with Crippen molar-refractivity contribution in [2.75, 3.05) is 6.61 Å². The van der Waals surface area contributed by atoms with E-state index in [1.54, 1.807) is 6.21 Å². The topological polar surface area (TPSA) is 50.7 Å². The van der Waals surface area contributed by atoms with E-state index in [2.05, 4.69) is 17.4 Å². The van der Waals surface area contributed by atoms with Crippen molar-refractivity contribution in [3.63, 3.8) is 0 Å². The number of oxime groups is 1. The van der Waals surface area contributed by atoms with Crippen LogP contribution in [0.15, 0.2) is 29.4 Å². The summed E-state index contributed by atoms with van der Waals surface area (Å²) in [5, 5.41) is 7.17. The molecule has 0 unspecified atom stereocenters. The van der Waals surface area contributed by atoms with Crippen molar-refractivity contribution in [1.82, 2.24) is 5.32 Å². The second kappa shape index (κ2) is 7.05. The Hall–Kier alpha value is -1.84. The zero-order valence-corrected chi connectivity index (χ0v) is 15.9. The molecule has 1 aromatic rings. The fourth-order valence-corrected chi connectivity index (χ4v) is 6.07. The monoisotopic (exact) mass is 354 g/mol. The molecule has 4 aliphatic carbocycles. The van der Waals surface area contributed by atoms with Gasteiger partial charge in [0.05, 0.1) is 6.21 Å². The molecule has 1 atom stereocenters. The molecule has 1 aromatic carbocycles. The summed E-state index contributed by atoms with van der Waals surface area (Å²) in [7, 11) is 0. The molecule has 4 fully saturated rings. The van der Waals surface area contributed by atoms with Gasteiger partial charge < -0.3 is 10.2 Å². The summed E-state index contributed by atoms with van der Waals surface area (Å²) in [6.45, 7) is 4.21. The van der Waals surface area contributed by atoms with Gasteiger partial charge in [0.15, 0.2) is 6.61 Å². The van der Waals surface area contributed by atoms with Gasteiger partial charge >= 0.3 is 0 Å². The zero-order chi connectivity index (χ0) is 18.1. The molecule has 5 rings (SSSR count). The van der Waals surface area contributed by atoms with Crippen LogP contribution in [0, 0.1) is 30.1 Å². The lowest BCUT2D eigenvalue weighted by atomic mass is 9.48. The van der Waals surface area contributed by atoms with Crippen molar-refractivity contribution in [2.24, 2.45) is 28.3 Å². The lowest BCUT2D eigenvalue weighted by Gasteiger charge is -2.59. The Balaban J connectivity index is 1.28. The first-order valence-corrected chi connectivity index (χ1v) is 10.0. The van der Waals surface area contributed by atoms with Crippen LogP contribution in [0.4, 0.5) is 0 Å². The largest absolute Gasteiger partial charge is 0.386 e. The Bertz CT molecular complexity index is 662. The van der Waals surface area contributed by atoms with Crippen LogP contribution < -0.4 is 5.32 Å². The number of nitrogens with one attached hydrogen (secondary N) is 1. The predicted molar refractivity (Wildman–Crippen MR) is 103 cm³/mol. The molecule has 0 radical (unpaired) electrons. The van der Waals surface area contributed by atoms with E-state index < -0.39 is 0 Å². The van der Waals surface area contributed by atoms with E-state index in [0.29, 0.717) is 5.41 Å². The van der Waals surface area contributed by atoms with Crippen molar-refractivity contribution in [2.45, 2.75) is 58.4 Å². The smallest absolute Gasteiger partial charge is 0.261 e. The number of carbonyl (C=O) groups excluding carboxylic acids is 1. The number of nitrogens with zero attached hydrogens (tertiary/aromatic N) is 1. The van der Waals surface area contributed by atoms with Crippen LogP contribution >= 0.6 is 0 Å². The van der Waals surface area contributed by atoms with Crippen molar-refractivity contribution in [3.05, 3.63) is 35.4 Å². The molecule has 4 bridgehead atoms. The summed E-state index contributed by atoms with van der Waals surface area (Å²) in [6, 6.07) is 8.20. The number of amides is 1. The summed E-state index contributed by atoms with van der Waals surface area (Å²) in [5.41, 5.74) is 2.48. The predicted octanol–water partition coefficient (Wildman–Crippen LogP) is 4.07. The highest BCUT2D eigenvalue weighted by molar-refractivity contribution is 5.81. The van der Waals surface area contributed by atoms with Gasteiger partial charge in [-0.15, -0.1) is 0 Å². The fourth-order valence-electron chi connectivity index (χ4n) is 6.07. The van der Waals surface area contributed by atoms with Gasteiger partial charge in [0.1, 0.15) is 0 Å². The lowest BCUT2D eigenvalue weighted by molar-refractivity contribution is -0.130. The SMILES string of the molecule is Cc1ccccc1/C=N\OCC(=O)N[C@@H](C)C12CC3CC(CC(C3)C1)C2. The number of hydrogen-bond donors (Lipinski definition) is 1. The van der Waals surface area contributed by atoms with Crippen LogP contribution in [0.1, 0.15) is 56.6 Å². The Morgan fingerprint density at radius 1 is 1.23 bits per heavy atom. The maximum absolute atomic E-state index is 12.3. The Labute approximate surface area is 156 Å². The van der Waals surface area contributed by atoms with Gasteiger partial charge in [-0.3, -0.25) is 4.79 Å². The van der Waals surface area contributed by atoms with Gasteiger partial charge in [-0.25, -0.2) is 0 Å². The Morgan fingerprint density at radius 3 is 2.46 bits per heavy atom. The summed E-state index contributed by atoms with van der Waals surface area (Å²) >= 11 is 0. The molecular weight excluding hydrogens is 324 g/mol. The van der Waals surface area contributed by atoms with E-state index >= 15 is 0 Å². The normalized spacial score (nSPS) is 33.4. The lowest BCUT2D eigenvalue weighted by Crippen LogP contribution is -2.56. The highest BCUT2D eigenvalue weighted by Gasteiger charge is 2.53. The molecule has 26 heavy (non-hydrogen) atoms. The third-order valence-electron chi connectivity index (χ3n) is 7.03. The molecule has 0 spiro atoms. The number of aryl methyl sites for hydroxylation is 1. The molecule has 1 N–H and O–H groups in total. The Kier molecular flexibility index (Phi) is 4.76. The molecular formula is C22H30N2O2. The first-order valence-electron chi connectivity index (χ1n) is 10.0. The number of hydrogen-bond acceptors (Lipinski definition) is 3. The maximum Gasteiger partial charge on any atom is 0.261 e. The molecule has 4 aliphatic rings. The third-order valence-corrected chi connectivity index (χ3v) is 7.03. The summed E-state index contributed by atoms with van der Waals surface area (Å²) in [5.74, 6) is 2.64. The van der Waals surface area contributed by atoms with Crippen LogP contribution in [-0.2, 0) is 9.63 Å². The minimum absolute atomic E-state index is 0.0148. The van der Waals surface area contributed by atoms with E-state index in [4.69, 9.17) is 4.84 Å². The second-order valence-corrected chi connectivity index (χ2v) is 8.93. The average Bonchev–Trinajstić information content (AvgIpc) is 2.59. The maximum atomic E-state index is 12.3. The van der Waals surface area contributed by atoms with Crippen LogP contribution in [0.25, 0.3) is 0 Å².